The maximum Gasteiger partial charge on any atom is 0.0758 e. The Morgan fingerprint density at radius 2 is 1.21 bits per heavy atom. The van der Waals surface area contributed by atoms with Gasteiger partial charge in [-0.3, -0.25) is 0 Å². The summed E-state index contributed by atoms with van der Waals surface area (Å²) in [5, 5.41) is 19.5. The number of unbranched alkanes of at least 4 members (excludes halogenated alkanes) is 1. The molecule has 2 N–H and O–H groups in total. The van der Waals surface area contributed by atoms with Crippen molar-refractivity contribution in [3.05, 3.63) is 72.9 Å². The van der Waals surface area contributed by atoms with Crippen molar-refractivity contribution in [2.45, 2.75) is 64.6 Å². The van der Waals surface area contributed by atoms with Gasteiger partial charge >= 0.3 is 0 Å². The second-order valence-corrected chi connectivity index (χ2v) is 5.61. The fraction of sp³-hybridized carbons (Fsp3) is 0.455. The zero-order valence-electron chi connectivity index (χ0n) is 15.2. The average Bonchev–Trinajstić information content (AvgIpc) is 2.57. The molecule has 0 bridgehead atoms. The first-order valence-corrected chi connectivity index (χ1v) is 9.03. The Morgan fingerprint density at radius 3 is 1.75 bits per heavy atom. The Labute approximate surface area is 148 Å². The summed E-state index contributed by atoms with van der Waals surface area (Å²) < 4.78 is 0. The highest BCUT2D eigenvalue weighted by molar-refractivity contribution is 5.13. The van der Waals surface area contributed by atoms with E-state index in [0.717, 1.165) is 19.3 Å². The molecule has 0 aliphatic heterocycles. The summed E-state index contributed by atoms with van der Waals surface area (Å²) >= 11 is 0. The molecule has 24 heavy (non-hydrogen) atoms. The van der Waals surface area contributed by atoms with Crippen LogP contribution in [0, 0.1) is 0 Å². The second-order valence-electron chi connectivity index (χ2n) is 5.61. The predicted molar refractivity (Wildman–Crippen MR) is 106 cm³/mol. The third-order valence-corrected chi connectivity index (χ3v) is 3.22. The molecule has 0 aromatic rings. The highest BCUT2D eigenvalue weighted by atomic mass is 16.3. The van der Waals surface area contributed by atoms with Gasteiger partial charge < -0.3 is 10.2 Å². The highest BCUT2D eigenvalue weighted by Gasteiger charge is 1.93. The van der Waals surface area contributed by atoms with Crippen LogP contribution in [-0.4, -0.2) is 22.4 Å². The minimum Gasteiger partial charge on any atom is -0.389 e. The SMILES string of the molecule is CC/C=C\C[C@@H](O)\C=C/C=C/C=C/C(O)C/C=C\C/C=C\CCC. The number of aliphatic hydroxyl groups is 2. The van der Waals surface area contributed by atoms with Crippen LogP contribution in [0.3, 0.4) is 0 Å². The minimum absolute atomic E-state index is 0.441. The lowest BCUT2D eigenvalue weighted by molar-refractivity contribution is 0.226. The van der Waals surface area contributed by atoms with Crippen molar-refractivity contribution in [2.75, 3.05) is 0 Å². The Bertz CT molecular complexity index is 439. The summed E-state index contributed by atoms with van der Waals surface area (Å²) in [6.45, 7) is 4.24. The largest absolute Gasteiger partial charge is 0.389 e. The fourth-order valence-corrected chi connectivity index (χ4v) is 1.86. The average molecular weight is 331 g/mol. The maximum absolute atomic E-state index is 9.80. The molecule has 0 aliphatic rings. The van der Waals surface area contributed by atoms with Gasteiger partial charge in [-0.2, -0.15) is 0 Å². The van der Waals surface area contributed by atoms with Gasteiger partial charge in [-0.1, -0.05) is 93.2 Å². The molecule has 0 spiro atoms. The zero-order valence-corrected chi connectivity index (χ0v) is 15.2. The lowest BCUT2D eigenvalue weighted by atomic mass is 10.2. The predicted octanol–water partition coefficient (Wildman–Crippen LogP) is 5.43. The number of rotatable bonds is 13. The molecular formula is C22H34O2. The van der Waals surface area contributed by atoms with Crippen LogP contribution in [-0.2, 0) is 0 Å². The summed E-state index contributed by atoms with van der Waals surface area (Å²) in [4.78, 5) is 0. The minimum atomic E-state index is -0.459. The van der Waals surface area contributed by atoms with Crippen LogP contribution >= 0.6 is 0 Å². The van der Waals surface area contributed by atoms with E-state index < -0.39 is 12.2 Å². The van der Waals surface area contributed by atoms with Crippen LogP contribution in [0.15, 0.2) is 72.9 Å². The Hall–Kier alpha value is -1.64. The van der Waals surface area contributed by atoms with Gasteiger partial charge in [0.25, 0.3) is 0 Å². The van der Waals surface area contributed by atoms with E-state index in [9.17, 15) is 10.2 Å². The van der Waals surface area contributed by atoms with Crippen molar-refractivity contribution in [3.63, 3.8) is 0 Å². The molecule has 1 unspecified atom stereocenters. The molecule has 2 heteroatoms. The molecule has 0 saturated heterocycles. The fourth-order valence-electron chi connectivity index (χ4n) is 1.86. The first kappa shape index (κ1) is 22.4. The van der Waals surface area contributed by atoms with Crippen LogP contribution in [0.5, 0.6) is 0 Å². The van der Waals surface area contributed by atoms with Crippen LogP contribution in [0.4, 0.5) is 0 Å². The molecule has 0 aromatic carbocycles. The van der Waals surface area contributed by atoms with Gasteiger partial charge in [0.2, 0.25) is 0 Å². The van der Waals surface area contributed by atoms with E-state index in [1.807, 2.05) is 42.5 Å². The molecule has 0 radical (unpaired) electrons. The van der Waals surface area contributed by atoms with E-state index in [1.165, 1.54) is 6.42 Å². The lowest BCUT2D eigenvalue weighted by Crippen LogP contribution is -1.98. The van der Waals surface area contributed by atoms with E-state index in [-0.39, 0.29) is 0 Å². The number of hydrogen-bond donors (Lipinski definition) is 2. The first-order valence-electron chi connectivity index (χ1n) is 9.03. The maximum atomic E-state index is 9.80. The smallest absolute Gasteiger partial charge is 0.0758 e. The van der Waals surface area contributed by atoms with Crippen molar-refractivity contribution in [1.29, 1.82) is 0 Å². The Balaban J connectivity index is 3.87. The number of aliphatic hydroxyl groups excluding tert-OH is 2. The molecule has 134 valence electrons. The summed E-state index contributed by atoms with van der Waals surface area (Å²) in [5.74, 6) is 0. The normalized spacial score (nSPS) is 16.0. The monoisotopic (exact) mass is 330 g/mol. The second kappa shape index (κ2) is 17.7. The van der Waals surface area contributed by atoms with Gasteiger partial charge in [-0.15, -0.1) is 0 Å². The van der Waals surface area contributed by atoms with Crippen LogP contribution < -0.4 is 0 Å². The molecule has 2 atom stereocenters. The van der Waals surface area contributed by atoms with Gasteiger partial charge in [0.15, 0.2) is 0 Å². The lowest BCUT2D eigenvalue weighted by Gasteiger charge is -1.99. The number of hydrogen-bond acceptors (Lipinski definition) is 2. The summed E-state index contributed by atoms with van der Waals surface area (Å²) in [7, 11) is 0. The third-order valence-electron chi connectivity index (χ3n) is 3.22. The van der Waals surface area contributed by atoms with E-state index >= 15 is 0 Å². The first-order chi connectivity index (χ1) is 11.7. The molecule has 0 heterocycles. The van der Waals surface area contributed by atoms with Crippen molar-refractivity contribution >= 4 is 0 Å². The molecule has 0 rings (SSSR count). The molecule has 0 amide bonds. The quantitative estimate of drug-likeness (QED) is 0.349. The van der Waals surface area contributed by atoms with Crippen molar-refractivity contribution < 1.29 is 10.2 Å². The highest BCUT2D eigenvalue weighted by Crippen LogP contribution is 1.99. The van der Waals surface area contributed by atoms with Crippen molar-refractivity contribution in [3.8, 4) is 0 Å². The van der Waals surface area contributed by atoms with E-state index in [0.29, 0.717) is 12.8 Å². The molecule has 0 fully saturated rings. The van der Waals surface area contributed by atoms with E-state index in [4.69, 9.17) is 0 Å². The van der Waals surface area contributed by atoms with E-state index in [2.05, 4.69) is 32.1 Å². The Kier molecular flexibility index (Phi) is 16.5. The van der Waals surface area contributed by atoms with E-state index in [1.54, 1.807) is 12.2 Å². The Morgan fingerprint density at radius 1 is 0.667 bits per heavy atom. The topological polar surface area (TPSA) is 40.5 Å². The standard InChI is InChI=1S/C22H34O2/c1-3-5-7-8-9-10-14-18-22(24)20-16-12-11-15-19-21(23)17-13-6-4-2/h6-8,10-16,19-24H,3-5,9,17-18H2,1-2H3/b8-7-,12-11+,13-6-,14-10-,19-15-,20-16+/t21-,22?/m1/s1. The van der Waals surface area contributed by atoms with Gasteiger partial charge in [0.1, 0.15) is 0 Å². The van der Waals surface area contributed by atoms with Crippen LogP contribution in [0.1, 0.15) is 52.4 Å². The molecule has 2 nitrogen and oxygen atoms in total. The zero-order chi connectivity index (χ0) is 17.9. The summed E-state index contributed by atoms with van der Waals surface area (Å²) in [6, 6.07) is 0. The van der Waals surface area contributed by atoms with Crippen LogP contribution in [0.25, 0.3) is 0 Å². The van der Waals surface area contributed by atoms with Gasteiger partial charge in [0.05, 0.1) is 12.2 Å². The molecule has 0 aromatic heterocycles. The summed E-state index contributed by atoms with van der Waals surface area (Å²) in [5.41, 5.74) is 0. The van der Waals surface area contributed by atoms with Gasteiger partial charge in [0, 0.05) is 0 Å². The van der Waals surface area contributed by atoms with Crippen molar-refractivity contribution in [2.24, 2.45) is 0 Å². The van der Waals surface area contributed by atoms with Gasteiger partial charge in [-0.25, -0.2) is 0 Å². The van der Waals surface area contributed by atoms with Gasteiger partial charge in [-0.05, 0) is 32.1 Å². The molecular weight excluding hydrogens is 296 g/mol. The molecule has 0 aliphatic carbocycles. The third kappa shape index (κ3) is 16.7. The van der Waals surface area contributed by atoms with Crippen molar-refractivity contribution in [1.82, 2.24) is 0 Å². The number of allylic oxidation sites excluding steroid dienone is 8. The summed E-state index contributed by atoms with van der Waals surface area (Å²) in [6.07, 6.45) is 28.0. The molecule has 0 saturated carbocycles. The van der Waals surface area contributed by atoms with Crippen LogP contribution in [0.2, 0.25) is 0 Å².